The summed E-state index contributed by atoms with van der Waals surface area (Å²) >= 11 is 0. The number of aliphatic hydroxyl groups is 4. The maximum absolute atomic E-state index is 12.2. The second kappa shape index (κ2) is 41.6. The molecule has 2 aliphatic carbocycles. The number of aromatic nitrogens is 22. The first-order valence-electron chi connectivity index (χ1n) is 42.2. The van der Waals surface area contributed by atoms with Gasteiger partial charge in [-0.15, -0.1) is 0 Å². The Morgan fingerprint density at radius 2 is 0.797 bits per heavy atom. The molecule has 0 bridgehead atoms. The van der Waals surface area contributed by atoms with Gasteiger partial charge in [-0.2, -0.15) is 88.5 Å². The molecule has 16 rings (SSSR count). The summed E-state index contributed by atoms with van der Waals surface area (Å²) in [5.41, 5.74) is 11.2. The fraction of sp³-hybridized carbons (Fsp3) is 0.537. The second-order valence-corrected chi connectivity index (χ2v) is 30.4. The van der Waals surface area contributed by atoms with E-state index in [1.807, 2.05) is 69.2 Å². The van der Waals surface area contributed by atoms with E-state index in [1.165, 1.54) is 12.7 Å². The fourth-order valence-electron chi connectivity index (χ4n) is 15.9. The van der Waals surface area contributed by atoms with Crippen LogP contribution in [-0.2, 0) is 65.0 Å². The molecule has 4 aliphatic rings. The van der Waals surface area contributed by atoms with Crippen LogP contribution in [0.25, 0.3) is 22.6 Å². The molecule has 0 amide bonds. The third-order valence-electron chi connectivity index (χ3n) is 22.7. The molecular formula is C82H114N30O6. The summed E-state index contributed by atoms with van der Waals surface area (Å²) in [6.45, 7) is 18.1. The molecule has 2 aliphatic heterocycles. The number of pyridine rings is 2. The Morgan fingerprint density at radius 3 is 1.18 bits per heavy atom. The Morgan fingerprint density at radius 1 is 0.407 bits per heavy atom. The van der Waals surface area contributed by atoms with Crippen LogP contribution in [0.3, 0.4) is 0 Å². The molecule has 2 saturated carbocycles. The van der Waals surface area contributed by atoms with Crippen LogP contribution < -0.4 is 52.8 Å². The first kappa shape index (κ1) is 84.4. The number of aliphatic hydroxyl groups excluding tert-OH is 4. The van der Waals surface area contributed by atoms with Crippen LogP contribution in [0.2, 0.25) is 0 Å². The highest BCUT2D eigenvalue weighted by molar-refractivity contribution is 5.59. The smallest absolute Gasteiger partial charge is 0.250 e. The van der Waals surface area contributed by atoms with E-state index >= 15 is 0 Å². The number of rotatable bonds is 30. The lowest BCUT2D eigenvalue weighted by atomic mass is 9.85. The van der Waals surface area contributed by atoms with Crippen LogP contribution in [0.1, 0.15) is 189 Å². The van der Waals surface area contributed by atoms with Crippen LogP contribution in [-0.4, -0.2) is 192 Å². The number of nitrogens with zero attached hydrogens (tertiary/aromatic N) is 24. The second-order valence-electron chi connectivity index (χ2n) is 30.4. The zero-order chi connectivity index (χ0) is 82.3. The zero-order valence-corrected chi connectivity index (χ0v) is 68.7. The van der Waals surface area contributed by atoms with Crippen LogP contribution in [0.15, 0.2) is 108 Å². The number of piperidine rings is 2. The lowest BCUT2D eigenvalue weighted by Crippen LogP contribution is -2.41. The van der Waals surface area contributed by atoms with Gasteiger partial charge in [0.1, 0.15) is 6.33 Å². The summed E-state index contributed by atoms with van der Waals surface area (Å²) in [4.78, 5) is 75.0. The number of fused-ring (bicyclic) bond motifs is 4. The van der Waals surface area contributed by atoms with Gasteiger partial charge in [-0.1, -0.05) is 53.4 Å². The minimum atomic E-state index is -0.0170. The molecule has 36 heteroatoms. The van der Waals surface area contributed by atoms with Crippen molar-refractivity contribution in [1.29, 1.82) is 0 Å². The van der Waals surface area contributed by atoms with Gasteiger partial charge in [0.2, 0.25) is 47.6 Å². The van der Waals surface area contributed by atoms with Gasteiger partial charge in [0, 0.05) is 186 Å². The van der Waals surface area contributed by atoms with Gasteiger partial charge in [-0.05, 0) is 151 Å². The molecule has 4 fully saturated rings. The monoisotopic (exact) mass is 1610 g/mol. The molecule has 118 heavy (non-hydrogen) atoms. The maximum atomic E-state index is 12.2. The Hall–Kier alpha value is -11.5. The average molecular weight is 1620 g/mol. The van der Waals surface area contributed by atoms with Crippen LogP contribution in [0.4, 0.5) is 47.6 Å². The quantitative estimate of drug-likeness (QED) is 0.0201. The van der Waals surface area contributed by atoms with Gasteiger partial charge < -0.3 is 71.3 Å². The molecule has 10 N–H and O–H groups in total. The number of nitrogens with one attached hydrogen (secondary N) is 6. The van der Waals surface area contributed by atoms with Crippen molar-refractivity contribution in [2.24, 2.45) is 11.8 Å². The van der Waals surface area contributed by atoms with E-state index < -0.39 is 0 Å². The van der Waals surface area contributed by atoms with Gasteiger partial charge in [0.05, 0.1) is 31.0 Å². The molecule has 6 atom stereocenters. The molecule has 12 aromatic rings. The van der Waals surface area contributed by atoms with Gasteiger partial charge in [0.25, 0.3) is 11.1 Å². The van der Waals surface area contributed by atoms with E-state index in [0.29, 0.717) is 93.3 Å². The highest BCUT2D eigenvalue weighted by Crippen LogP contribution is 2.32. The van der Waals surface area contributed by atoms with Crippen molar-refractivity contribution in [3.8, 4) is 0 Å². The van der Waals surface area contributed by atoms with E-state index in [-0.39, 0.29) is 73.5 Å². The van der Waals surface area contributed by atoms with E-state index in [1.54, 1.807) is 64.1 Å². The van der Waals surface area contributed by atoms with Crippen molar-refractivity contribution in [3.63, 3.8) is 0 Å². The molecule has 628 valence electrons. The molecule has 0 unspecified atom stereocenters. The Bertz CT molecular complexity index is 5300. The average Bonchev–Trinajstić information content (AvgIpc) is 1.60. The fourth-order valence-corrected chi connectivity index (χ4v) is 15.9. The minimum Gasteiger partial charge on any atom is -0.396 e. The van der Waals surface area contributed by atoms with Crippen molar-refractivity contribution in [2.75, 3.05) is 81.2 Å². The largest absolute Gasteiger partial charge is 0.396 e. The third kappa shape index (κ3) is 20.7. The van der Waals surface area contributed by atoms with Crippen LogP contribution in [0.5, 0.6) is 0 Å². The number of hydrogen-bond donors (Lipinski definition) is 10. The highest BCUT2D eigenvalue weighted by atomic mass is 16.3. The Labute approximate surface area is 685 Å². The van der Waals surface area contributed by atoms with Crippen molar-refractivity contribution >= 4 is 70.2 Å². The lowest BCUT2D eigenvalue weighted by molar-refractivity contribution is 0.177. The molecule has 0 spiro atoms. The standard InChI is InChI=1S/2C22H31N7O2.2C19H26N8O/c1-3-17-15-24-29-20(17)25-22(28-10-6-5-7-18(28)9-12-30)26-21(29)23-14-16-8-11-27(4-2)19(31)13-16;1-3-16-13-24-29-20(16)26-21(25-18-8-6-5-7-17(18)14-30)27-22(29)23-12-15-9-10-28(4-2)19(31)11-15;1-2-15-13-23-27-17(15)24-19(26-9-4-3-5-16(26)7-10-28)25-18(27)20-11-14-6-8-21-22-12-14;1-2-14-10-23-27-17(14)25-18(24-16-6-4-3-5-15(16)11-28)26-19(27)22-9-13-7-20-12-21-8-13/h8,11,13,15,18,30H,3-7,9-10,12,14H2,1-2H3,(H,23,25,26);9-11,13,17-18,30H,3-8,12,14H2,1-2H3,(H2,23,25,26,27);6,8,12-13,16,28H,2-5,7,9-11H2,1H3,(H,20,24,25);7-8,10,12,15-16,28H,2-6,9,11H2,1H3,(H2,22,24,25,26)/t18-;17-,18-;16-;15-,16-/m0000/s1. The summed E-state index contributed by atoms with van der Waals surface area (Å²) < 4.78 is 10.3. The highest BCUT2D eigenvalue weighted by Gasteiger charge is 2.31. The summed E-state index contributed by atoms with van der Waals surface area (Å²) in [7, 11) is 0. The SMILES string of the molecule is CCc1cnn2c(NCc3ccn(CC)c(=O)c3)nc(N3CCCC[C@H]3CCO)nc12.CCc1cnn2c(NCc3ccn(CC)c(=O)c3)nc(N[C@H]3CCCC[C@H]3CO)nc12.CCc1cnn2c(NCc3ccnnc3)nc(N3CCCC[C@H]3CCO)nc12.CCc1cnn2c(NCc3cncnc3)nc(N[C@H]3CCCC[C@H]3CO)nc12. The van der Waals surface area contributed by atoms with E-state index in [4.69, 9.17) is 29.9 Å². The Balaban J connectivity index is 0.000000137. The molecule has 14 heterocycles. The van der Waals surface area contributed by atoms with E-state index in [2.05, 4.69) is 120 Å². The van der Waals surface area contributed by atoms with Crippen molar-refractivity contribution in [2.45, 2.75) is 233 Å². The molecule has 2 saturated heterocycles. The molecule has 0 aromatic carbocycles. The normalized spacial score (nSPS) is 18.1. The summed E-state index contributed by atoms with van der Waals surface area (Å²) in [5, 5.41) is 84.4. The molecular weight excluding hydrogens is 1500 g/mol. The summed E-state index contributed by atoms with van der Waals surface area (Å²) in [6.07, 6.45) is 39.5. The Kier molecular flexibility index (Phi) is 29.7. The predicted molar refractivity (Wildman–Crippen MR) is 453 cm³/mol. The molecule has 12 aromatic heterocycles. The first-order valence-corrected chi connectivity index (χ1v) is 42.2. The van der Waals surface area contributed by atoms with Gasteiger partial charge in [-0.3, -0.25) is 9.59 Å². The maximum Gasteiger partial charge on any atom is 0.250 e. The van der Waals surface area contributed by atoms with Crippen molar-refractivity contribution < 1.29 is 20.4 Å². The topological polar surface area (TPSA) is 427 Å². The number of aryl methyl sites for hydroxylation is 6. The van der Waals surface area contributed by atoms with Gasteiger partial charge in [0.15, 0.2) is 22.6 Å². The van der Waals surface area contributed by atoms with Crippen LogP contribution >= 0.6 is 0 Å². The number of anilines is 8. The molecule has 0 radical (unpaired) electrons. The van der Waals surface area contributed by atoms with Gasteiger partial charge >= 0.3 is 0 Å². The molecule has 36 nitrogen and oxygen atoms in total. The summed E-state index contributed by atoms with van der Waals surface area (Å²) in [5.74, 6) is 5.39. The van der Waals surface area contributed by atoms with E-state index in [9.17, 15) is 30.0 Å². The van der Waals surface area contributed by atoms with Gasteiger partial charge in [-0.25, -0.2) is 9.97 Å². The zero-order valence-electron chi connectivity index (χ0n) is 68.7. The number of hydrogen-bond acceptors (Lipinski definition) is 30. The van der Waals surface area contributed by atoms with Crippen molar-refractivity contribution in [3.05, 3.63) is 164 Å². The predicted octanol–water partition coefficient (Wildman–Crippen LogP) is 8.55. The first-order chi connectivity index (χ1) is 57.8. The van der Waals surface area contributed by atoms with E-state index in [0.717, 1.165) is 196 Å². The third-order valence-corrected chi connectivity index (χ3v) is 22.7. The minimum absolute atomic E-state index is 0.0113. The summed E-state index contributed by atoms with van der Waals surface area (Å²) in [6, 6.07) is 9.94. The lowest BCUT2D eigenvalue weighted by Gasteiger charge is -2.35. The van der Waals surface area contributed by atoms with Crippen LogP contribution in [0, 0.1) is 11.8 Å². The van der Waals surface area contributed by atoms with Crippen molar-refractivity contribution in [1.82, 2.24) is 108 Å².